The Hall–Kier alpha value is -2.37. The summed E-state index contributed by atoms with van der Waals surface area (Å²) in [5, 5.41) is 4.47. The molecule has 0 radical (unpaired) electrons. The zero-order chi connectivity index (χ0) is 18.0. The maximum absolute atomic E-state index is 12.8. The predicted octanol–water partition coefficient (Wildman–Crippen LogP) is 4.03. The molecule has 0 aliphatic heterocycles. The van der Waals surface area contributed by atoms with Crippen molar-refractivity contribution < 1.29 is 9.21 Å². The van der Waals surface area contributed by atoms with Crippen LogP contribution in [0.1, 0.15) is 34.8 Å². The summed E-state index contributed by atoms with van der Waals surface area (Å²) in [6.45, 7) is 2.50. The van der Waals surface area contributed by atoms with E-state index in [0.717, 1.165) is 16.6 Å². The first-order chi connectivity index (χ1) is 12.0. The number of aromatic nitrogens is 1. The number of hydrogen-bond acceptors (Lipinski definition) is 4. The van der Waals surface area contributed by atoms with Gasteiger partial charge in [0.15, 0.2) is 5.76 Å². The van der Waals surface area contributed by atoms with E-state index in [1.165, 1.54) is 0 Å². The monoisotopic (exact) mass is 357 g/mol. The van der Waals surface area contributed by atoms with Gasteiger partial charge in [-0.25, -0.2) is 0 Å². The number of para-hydroxylation sites is 1. The highest BCUT2D eigenvalue weighted by atomic mass is 35.5. The molecule has 2 aromatic heterocycles. The topological polar surface area (TPSA) is 58.4 Å². The van der Waals surface area contributed by atoms with Crippen LogP contribution < -0.4 is 5.32 Å². The summed E-state index contributed by atoms with van der Waals surface area (Å²) >= 11 is 5.86. The van der Waals surface area contributed by atoms with Crippen LogP contribution in [0.4, 0.5) is 0 Å². The first kappa shape index (κ1) is 17.5. The van der Waals surface area contributed by atoms with E-state index < -0.39 is 0 Å². The van der Waals surface area contributed by atoms with Gasteiger partial charge in [-0.3, -0.25) is 9.78 Å². The largest absolute Gasteiger partial charge is 0.451 e. The van der Waals surface area contributed by atoms with Gasteiger partial charge in [0.25, 0.3) is 5.91 Å². The minimum Gasteiger partial charge on any atom is -0.451 e. The average molecular weight is 358 g/mol. The van der Waals surface area contributed by atoms with Crippen LogP contribution in [0.2, 0.25) is 5.02 Å². The number of furan rings is 1. The van der Waals surface area contributed by atoms with E-state index in [1.807, 2.05) is 50.2 Å². The smallest absolute Gasteiger partial charge is 0.287 e. The van der Waals surface area contributed by atoms with Gasteiger partial charge in [0, 0.05) is 23.7 Å². The molecule has 6 heteroatoms. The Bertz CT molecular complexity index is 887. The third kappa shape index (κ3) is 3.83. The lowest BCUT2D eigenvalue weighted by atomic mass is 10.1. The second-order valence-electron chi connectivity index (χ2n) is 6.24. The minimum absolute atomic E-state index is 0.253. The van der Waals surface area contributed by atoms with E-state index in [-0.39, 0.29) is 11.9 Å². The Morgan fingerprint density at radius 2 is 2.04 bits per heavy atom. The maximum Gasteiger partial charge on any atom is 0.287 e. The number of hydrogen-bond donors (Lipinski definition) is 1. The van der Waals surface area contributed by atoms with Crippen molar-refractivity contribution in [2.45, 2.75) is 19.5 Å². The summed E-state index contributed by atoms with van der Waals surface area (Å²) in [6.07, 6.45) is 1.57. The Morgan fingerprint density at radius 3 is 2.72 bits per heavy atom. The summed E-state index contributed by atoms with van der Waals surface area (Å²) in [6, 6.07) is 11.0. The predicted molar refractivity (Wildman–Crippen MR) is 98.7 cm³/mol. The molecule has 130 valence electrons. The number of benzene rings is 1. The van der Waals surface area contributed by atoms with Gasteiger partial charge >= 0.3 is 0 Å². The van der Waals surface area contributed by atoms with Gasteiger partial charge in [-0.15, -0.1) is 0 Å². The molecule has 1 aromatic carbocycles. The van der Waals surface area contributed by atoms with Crippen LogP contribution in [0.25, 0.3) is 11.0 Å². The van der Waals surface area contributed by atoms with Gasteiger partial charge in [0.05, 0.1) is 16.8 Å². The molecule has 3 rings (SSSR count). The molecule has 0 bridgehead atoms. The van der Waals surface area contributed by atoms with E-state index in [9.17, 15) is 4.79 Å². The number of amides is 1. The van der Waals surface area contributed by atoms with Gasteiger partial charge in [-0.1, -0.05) is 29.8 Å². The van der Waals surface area contributed by atoms with E-state index in [1.54, 1.807) is 18.3 Å². The molecule has 0 saturated heterocycles. The highest BCUT2D eigenvalue weighted by molar-refractivity contribution is 6.30. The lowest BCUT2D eigenvalue weighted by Crippen LogP contribution is -2.28. The van der Waals surface area contributed by atoms with Gasteiger partial charge < -0.3 is 14.6 Å². The minimum atomic E-state index is -0.259. The fraction of sp³-hybridized carbons (Fsp3) is 0.263. The molecule has 2 heterocycles. The molecule has 0 aliphatic carbocycles. The van der Waals surface area contributed by atoms with Gasteiger partial charge in [0.2, 0.25) is 0 Å². The van der Waals surface area contributed by atoms with Gasteiger partial charge in [0.1, 0.15) is 5.58 Å². The zero-order valence-corrected chi connectivity index (χ0v) is 15.2. The molecule has 0 spiro atoms. The molecule has 25 heavy (non-hydrogen) atoms. The van der Waals surface area contributed by atoms with Crippen molar-refractivity contribution in [3.63, 3.8) is 0 Å². The van der Waals surface area contributed by atoms with Crippen LogP contribution in [-0.4, -0.2) is 29.9 Å². The summed E-state index contributed by atoms with van der Waals surface area (Å²) in [5.74, 6) is 0.0908. The van der Waals surface area contributed by atoms with Gasteiger partial charge in [-0.05, 0) is 39.2 Å². The summed E-state index contributed by atoms with van der Waals surface area (Å²) < 4.78 is 5.84. The van der Waals surface area contributed by atoms with E-state index in [0.29, 0.717) is 22.9 Å². The normalized spacial score (nSPS) is 12.5. The fourth-order valence-electron chi connectivity index (χ4n) is 2.73. The molecule has 1 atom stereocenters. The van der Waals surface area contributed by atoms with Crippen LogP contribution in [-0.2, 0) is 6.54 Å². The lowest BCUT2D eigenvalue weighted by Gasteiger charge is -2.14. The van der Waals surface area contributed by atoms with Crippen molar-refractivity contribution in [2.24, 2.45) is 0 Å². The van der Waals surface area contributed by atoms with E-state index in [2.05, 4.69) is 10.3 Å². The lowest BCUT2D eigenvalue weighted by molar-refractivity contribution is 0.0911. The summed E-state index contributed by atoms with van der Waals surface area (Å²) in [4.78, 5) is 19.1. The Morgan fingerprint density at radius 1 is 1.28 bits per heavy atom. The number of carbonyl (C=O) groups is 1. The van der Waals surface area contributed by atoms with Crippen LogP contribution in [0.5, 0.6) is 0 Å². The molecule has 0 saturated carbocycles. The SMILES string of the molecule is C[C@@H](NC(=O)c1oc2ccccc2c1CN(C)C)c1ccc(Cl)cn1. The third-order valence-electron chi connectivity index (χ3n) is 3.92. The summed E-state index contributed by atoms with van der Waals surface area (Å²) in [5.41, 5.74) is 2.33. The molecular formula is C19H20ClN3O2. The molecule has 1 N–H and O–H groups in total. The number of carbonyl (C=O) groups excluding carboxylic acids is 1. The first-order valence-electron chi connectivity index (χ1n) is 8.03. The van der Waals surface area contributed by atoms with Crippen LogP contribution in [0, 0.1) is 0 Å². The molecule has 3 aromatic rings. The maximum atomic E-state index is 12.8. The number of halogens is 1. The zero-order valence-electron chi connectivity index (χ0n) is 14.4. The van der Waals surface area contributed by atoms with Crippen molar-refractivity contribution in [3.05, 3.63) is 64.6 Å². The molecule has 5 nitrogen and oxygen atoms in total. The van der Waals surface area contributed by atoms with Crippen LogP contribution in [0.15, 0.2) is 47.0 Å². The quantitative estimate of drug-likeness (QED) is 0.748. The average Bonchev–Trinajstić information content (AvgIpc) is 2.93. The summed E-state index contributed by atoms with van der Waals surface area (Å²) in [7, 11) is 3.92. The molecule has 0 aliphatic rings. The first-order valence-corrected chi connectivity index (χ1v) is 8.41. The molecule has 1 amide bonds. The second kappa shape index (κ2) is 7.25. The number of nitrogens with one attached hydrogen (secondary N) is 1. The Balaban J connectivity index is 1.89. The molecule has 0 unspecified atom stereocenters. The third-order valence-corrected chi connectivity index (χ3v) is 4.14. The van der Waals surface area contributed by atoms with E-state index >= 15 is 0 Å². The standard InChI is InChI=1S/C19H20ClN3O2/c1-12(16-9-8-13(20)10-21-16)22-19(24)18-15(11-23(2)3)14-6-4-5-7-17(14)25-18/h4-10,12H,11H2,1-3H3,(H,22,24)/t12-/m1/s1. The van der Waals surface area contributed by atoms with Gasteiger partial charge in [-0.2, -0.15) is 0 Å². The van der Waals surface area contributed by atoms with Crippen LogP contribution >= 0.6 is 11.6 Å². The van der Waals surface area contributed by atoms with Crippen molar-refractivity contribution in [2.75, 3.05) is 14.1 Å². The Kier molecular flexibility index (Phi) is 5.06. The van der Waals surface area contributed by atoms with Crippen molar-refractivity contribution in [3.8, 4) is 0 Å². The fourth-order valence-corrected chi connectivity index (χ4v) is 2.85. The highest BCUT2D eigenvalue weighted by Crippen LogP contribution is 2.27. The highest BCUT2D eigenvalue weighted by Gasteiger charge is 2.22. The number of rotatable bonds is 5. The second-order valence-corrected chi connectivity index (χ2v) is 6.68. The van der Waals surface area contributed by atoms with E-state index in [4.69, 9.17) is 16.0 Å². The van der Waals surface area contributed by atoms with Crippen molar-refractivity contribution in [1.29, 1.82) is 0 Å². The van der Waals surface area contributed by atoms with Crippen molar-refractivity contribution >= 4 is 28.5 Å². The Labute approximate surface area is 151 Å². The number of nitrogens with zero attached hydrogens (tertiary/aromatic N) is 2. The molecule has 0 fully saturated rings. The molecular weight excluding hydrogens is 338 g/mol. The van der Waals surface area contributed by atoms with Crippen molar-refractivity contribution in [1.82, 2.24) is 15.2 Å². The van der Waals surface area contributed by atoms with Crippen LogP contribution in [0.3, 0.4) is 0 Å². The number of pyridine rings is 1. The number of fused-ring (bicyclic) bond motifs is 1.